The minimum Gasteiger partial charge on any atom is -0.490 e. The highest BCUT2D eigenvalue weighted by molar-refractivity contribution is 14.1. The molecule has 4 aromatic carbocycles. The summed E-state index contributed by atoms with van der Waals surface area (Å²) in [5.74, 6) is 0.800. The Morgan fingerprint density at radius 3 is 2.55 bits per heavy atom. The first-order valence-electron chi connectivity index (χ1n) is 10.5. The summed E-state index contributed by atoms with van der Waals surface area (Å²) in [7, 11) is 0. The van der Waals surface area contributed by atoms with Crippen LogP contribution in [0.2, 0.25) is 0 Å². The Morgan fingerprint density at radius 2 is 1.76 bits per heavy atom. The van der Waals surface area contributed by atoms with E-state index >= 15 is 0 Å². The lowest BCUT2D eigenvalue weighted by Gasteiger charge is -2.16. The Bertz CT molecular complexity index is 1370. The summed E-state index contributed by atoms with van der Waals surface area (Å²) in [6.07, 6.45) is 1.66. The quantitative estimate of drug-likeness (QED) is 0.135. The van der Waals surface area contributed by atoms with E-state index in [0.717, 1.165) is 25.5 Å². The molecule has 0 aliphatic carbocycles. The van der Waals surface area contributed by atoms with Crippen LogP contribution in [0.3, 0.4) is 0 Å². The SMILES string of the molecule is CCOc1cc(/C=C(/C#N)c2ccccc2F)cc(I)c1OCc1cccc2ccccc12. The zero-order valence-corrected chi connectivity index (χ0v) is 20.2. The van der Waals surface area contributed by atoms with Gasteiger partial charge in [-0.15, -0.1) is 0 Å². The molecule has 4 aromatic rings. The number of benzene rings is 4. The fourth-order valence-electron chi connectivity index (χ4n) is 3.66. The molecule has 3 nitrogen and oxygen atoms in total. The summed E-state index contributed by atoms with van der Waals surface area (Å²) >= 11 is 2.20. The second-order valence-electron chi connectivity index (χ2n) is 7.34. The van der Waals surface area contributed by atoms with Crippen LogP contribution in [-0.2, 0) is 6.61 Å². The monoisotopic (exact) mass is 549 g/mol. The number of hydrogen-bond donors (Lipinski definition) is 0. The Kier molecular flexibility index (Phi) is 7.26. The molecule has 5 heteroatoms. The number of hydrogen-bond acceptors (Lipinski definition) is 3. The molecule has 0 saturated carbocycles. The van der Waals surface area contributed by atoms with E-state index in [2.05, 4.69) is 52.9 Å². The van der Waals surface area contributed by atoms with Crippen molar-refractivity contribution in [1.82, 2.24) is 0 Å². The van der Waals surface area contributed by atoms with Gasteiger partial charge in [0.2, 0.25) is 0 Å². The van der Waals surface area contributed by atoms with Crippen LogP contribution in [0.1, 0.15) is 23.6 Å². The van der Waals surface area contributed by atoms with Crippen molar-refractivity contribution in [2.24, 2.45) is 0 Å². The van der Waals surface area contributed by atoms with E-state index in [1.54, 1.807) is 24.3 Å². The summed E-state index contributed by atoms with van der Waals surface area (Å²) in [5, 5.41) is 11.9. The fourth-order valence-corrected chi connectivity index (χ4v) is 4.44. The van der Waals surface area contributed by atoms with Gasteiger partial charge in [-0.2, -0.15) is 5.26 Å². The maximum atomic E-state index is 14.2. The maximum Gasteiger partial charge on any atom is 0.175 e. The lowest BCUT2D eigenvalue weighted by Crippen LogP contribution is -2.02. The highest BCUT2D eigenvalue weighted by Crippen LogP contribution is 2.36. The minimum absolute atomic E-state index is 0.246. The van der Waals surface area contributed by atoms with Crippen LogP contribution in [0.25, 0.3) is 22.4 Å². The third-order valence-corrected chi connectivity index (χ3v) is 5.98. The molecule has 0 amide bonds. The number of ether oxygens (including phenoxy) is 2. The molecular weight excluding hydrogens is 528 g/mol. The Morgan fingerprint density at radius 1 is 1.00 bits per heavy atom. The van der Waals surface area contributed by atoms with Gasteiger partial charge in [-0.1, -0.05) is 60.7 Å². The van der Waals surface area contributed by atoms with Gasteiger partial charge in [-0.05, 0) is 75.7 Å². The van der Waals surface area contributed by atoms with E-state index < -0.39 is 5.82 Å². The molecule has 0 aliphatic rings. The van der Waals surface area contributed by atoms with Crippen LogP contribution in [-0.4, -0.2) is 6.61 Å². The van der Waals surface area contributed by atoms with Crippen LogP contribution in [0.15, 0.2) is 78.9 Å². The standard InChI is InChI=1S/C28H21FINO2/c1-2-32-27-16-19(14-22(17-31)24-12-5-6-13-25(24)29)15-26(30)28(27)33-18-21-10-7-9-20-8-3-4-11-23(20)21/h3-16H,2,18H2,1H3/b22-14-. The number of halogens is 2. The van der Waals surface area contributed by atoms with Gasteiger partial charge in [0, 0.05) is 5.56 Å². The van der Waals surface area contributed by atoms with Gasteiger partial charge in [0.15, 0.2) is 11.5 Å². The van der Waals surface area contributed by atoms with Gasteiger partial charge in [0.1, 0.15) is 12.4 Å². The van der Waals surface area contributed by atoms with E-state index in [1.807, 2.05) is 37.3 Å². The zero-order valence-electron chi connectivity index (χ0n) is 18.0. The second kappa shape index (κ2) is 10.5. The van der Waals surface area contributed by atoms with Gasteiger partial charge in [0.05, 0.1) is 21.8 Å². The van der Waals surface area contributed by atoms with Gasteiger partial charge < -0.3 is 9.47 Å². The predicted octanol–water partition coefficient (Wildman–Crippen LogP) is 7.63. The van der Waals surface area contributed by atoms with Gasteiger partial charge in [-0.25, -0.2) is 4.39 Å². The average Bonchev–Trinajstić information content (AvgIpc) is 2.83. The van der Waals surface area contributed by atoms with Gasteiger partial charge in [0.25, 0.3) is 0 Å². The predicted molar refractivity (Wildman–Crippen MR) is 138 cm³/mol. The number of rotatable bonds is 7. The van der Waals surface area contributed by atoms with Crippen LogP contribution < -0.4 is 9.47 Å². The van der Waals surface area contributed by atoms with E-state index in [1.165, 1.54) is 6.07 Å². The van der Waals surface area contributed by atoms with Crippen molar-refractivity contribution in [2.75, 3.05) is 6.61 Å². The normalized spacial score (nSPS) is 11.3. The Labute approximate surface area is 206 Å². The Balaban J connectivity index is 1.67. The first kappa shape index (κ1) is 22.8. The molecule has 0 N–H and O–H groups in total. The minimum atomic E-state index is -0.430. The number of nitriles is 1. The molecule has 0 heterocycles. The van der Waals surface area contributed by atoms with Crippen molar-refractivity contribution >= 4 is 45.0 Å². The third-order valence-electron chi connectivity index (χ3n) is 5.18. The summed E-state index contributed by atoms with van der Waals surface area (Å²) < 4.78 is 27.1. The molecule has 0 aromatic heterocycles. The molecule has 0 saturated heterocycles. The molecule has 0 atom stereocenters. The van der Waals surface area contributed by atoms with Crippen molar-refractivity contribution in [3.05, 3.63) is 105 Å². The van der Waals surface area contributed by atoms with Crippen molar-refractivity contribution in [1.29, 1.82) is 5.26 Å². The van der Waals surface area contributed by atoms with Gasteiger partial charge >= 0.3 is 0 Å². The highest BCUT2D eigenvalue weighted by Gasteiger charge is 2.14. The Hall–Kier alpha value is -3.37. The summed E-state index contributed by atoms with van der Waals surface area (Å²) in [5.41, 5.74) is 2.34. The van der Waals surface area contributed by atoms with Crippen molar-refractivity contribution in [2.45, 2.75) is 13.5 Å². The summed E-state index contributed by atoms with van der Waals surface area (Å²) in [4.78, 5) is 0. The van der Waals surface area contributed by atoms with Crippen molar-refractivity contribution in [3.8, 4) is 17.6 Å². The smallest absolute Gasteiger partial charge is 0.175 e. The van der Waals surface area contributed by atoms with Crippen LogP contribution >= 0.6 is 22.6 Å². The lowest BCUT2D eigenvalue weighted by atomic mass is 10.0. The first-order valence-corrected chi connectivity index (χ1v) is 11.6. The zero-order chi connectivity index (χ0) is 23.2. The highest BCUT2D eigenvalue weighted by atomic mass is 127. The lowest BCUT2D eigenvalue weighted by molar-refractivity contribution is 0.268. The molecule has 164 valence electrons. The van der Waals surface area contributed by atoms with Crippen LogP contribution in [0.4, 0.5) is 4.39 Å². The van der Waals surface area contributed by atoms with E-state index in [-0.39, 0.29) is 11.1 Å². The molecule has 33 heavy (non-hydrogen) atoms. The number of fused-ring (bicyclic) bond motifs is 1. The summed E-state index contributed by atoms with van der Waals surface area (Å²) in [6.45, 7) is 2.77. The third kappa shape index (κ3) is 5.18. The number of allylic oxidation sites excluding steroid dienone is 1. The second-order valence-corrected chi connectivity index (χ2v) is 8.50. The van der Waals surface area contributed by atoms with Crippen molar-refractivity contribution < 1.29 is 13.9 Å². The molecule has 0 spiro atoms. The van der Waals surface area contributed by atoms with E-state index in [9.17, 15) is 9.65 Å². The van der Waals surface area contributed by atoms with Crippen LogP contribution in [0, 0.1) is 20.7 Å². The molecular formula is C28H21FINO2. The molecule has 0 unspecified atom stereocenters. The largest absolute Gasteiger partial charge is 0.490 e. The molecule has 0 aliphatic heterocycles. The number of nitrogens with zero attached hydrogens (tertiary/aromatic N) is 1. The molecule has 0 bridgehead atoms. The topological polar surface area (TPSA) is 42.2 Å². The fraction of sp³-hybridized carbons (Fsp3) is 0.107. The molecule has 0 radical (unpaired) electrons. The van der Waals surface area contributed by atoms with Crippen LogP contribution in [0.5, 0.6) is 11.5 Å². The van der Waals surface area contributed by atoms with Crippen molar-refractivity contribution in [3.63, 3.8) is 0 Å². The molecule has 4 rings (SSSR count). The average molecular weight is 549 g/mol. The van der Waals surface area contributed by atoms with E-state index in [4.69, 9.17) is 9.47 Å². The van der Waals surface area contributed by atoms with Gasteiger partial charge in [-0.3, -0.25) is 0 Å². The van der Waals surface area contributed by atoms with E-state index in [0.29, 0.717) is 24.7 Å². The summed E-state index contributed by atoms with van der Waals surface area (Å²) in [6, 6.07) is 26.5. The maximum absolute atomic E-state index is 14.2. The molecule has 0 fully saturated rings. The first-order chi connectivity index (χ1) is 16.1.